The molecule has 0 aromatic carbocycles. The number of carbonyl (C=O) groups is 1. The molecule has 4 nitrogen and oxygen atoms in total. The fraction of sp³-hybridized carbons (Fsp3) is 0.538. The minimum Gasteiger partial charge on any atom is -0.477 e. The molecule has 1 saturated heterocycles. The van der Waals surface area contributed by atoms with Crippen LogP contribution in [0.3, 0.4) is 0 Å². The summed E-state index contributed by atoms with van der Waals surface area (Å²) in [6, 6.07) is 4.48. The van der Waals surface area contributed by atoms with E-state index in [1.807, 2.05) is 6.07 Å². The van der Waals surface area contributed by atoms with E-state index in [9.17, 15) is 4.79 Å². The van der Waals surface area contributed by atoms with Gasteiger partial charge >= 0.3 is 5.97 Å². The molecule has 2 heterocycles. The number of nitrogens with zero attached hydrogens (tertiary/aromatic N) is 2. The number of aromatic carboxylic acids is 1. The minimum atomic E-state index is -0.968. The maximum Gasteiger partial charge on any atom is 0.354 e. The van der Waals surface area contributed by atoms with Gasteiger partial charge in [0.2, 0.25) is 0 Å². The van der Waals surface area contributed by atoms with E-state index in [1.165, 1.54) is 6.42 Å². The first-order valence-corrected chi connectivity index (χ1v) is 6.07. The number of carboxylic acids is 1. The van der Waals surface area contributed by atoms with Crippen LogP contribution in [0.25, 0.3) is 0 Å². The number of piperidine rings is 1. The highest BCUT2D eigenvalue weighted by Gasteiger charge is 2.25. The van der Waals surface area contributed by atoms with Gasteiger partial charge in [-0.25, -0.2) is 9.78 Å². The third kappa shape index (κ3) is 2.40. The lowest BCUT2D eigenvalue weighted by Gasteiger charge is -2.41. The van der Waals surface area contributed by atoms with E-state index in [-0.39, 0.29) is 5.69 Å². The van der Waals surface area contributed by atoms with Gasteiger partial charge in [0, 0.05) is 24.0 Å². The van der Waals surface area contributed by atoms with Gasteiger partial charge in [0.1, 0.15) is 5.69 Å². The molecule has 1 aromatic rings. The average Bonchev–Trinajstić information content (AvgIpc) is 2.29. The van der Waals surface area contributed by atoms with Gasteiger partial charge in [0.15, 0.2) is 0 Å². The molecule has 0 bridgehead atoms. The monoisotopic (exact) mass is 234 g/mol. The Kier molecular flexibility index (Phi) is 3.31. The van der Waals surface area contributed by atoms with E-state index in [0.29, 0.717) is 12.1 Å². The Labute approximate surface area is 101 Å². The van der Waals surface area contributed by atoms with Crippen molar-refractivity contribution in [3.63, 3.8) is 0 Å². The number of rotatable bonds is 2. The molecule has 1 aromatic heterocycles. The fourth-order valence-electron chi connectivity index (χ4n) is 2.63. The number of anilines is 1. The van der Waals surface area contributed by atoms with Gasteiger partial charge in [-0.05, 0) is 45.2 Å². The highest BCUT2D eigenvalue weighted by atomic mass is 16.4. The zero-order valence-electron chi connectivity index (χ0n) is 10.3. The van der Waals surface area contributed by atoms with Gasteiger partial charge in [0.25, 0.3) is 0 Å². The van der Waals surface area contributed by atoms with Gasteiger partial charge < -0.3 is 10.0 Å². The first-order valence-electron chi connectivity index (χ1n) is 6.07. The summed E-state index contributed by atoms with van der Waals surface area (Å²) in [7, 11) is 0. The van der Waals surface area contributed by atoms with Gasteiger partial charge in [-0.15, -0.1) is 0 Å². The normalized spacial score (nSPS) is 24.7. The molecule has 2 atom stereocenters. The molecule has 1 fully saturated rings. The van der Waals surface area contributed by atoms with Crippen molar-refractivity contribution in [2.24, 2.45) is 0 Å². The van der Waals surface area contributed by atoms with Crippen LogP contribution in [0.4, 0.5) is 5.69 Å². The molecule has 1 N–H and O–H groups in total. The standard InChI is InChI=1S/C13H18N2O2/c1-9-4-3-5-10(2)15(9)11-6-7-14-12(8-11)13(16)17/h6-10H,3-5H2,1-2H3,(H,16,17). The lowest BCUT2D eigenvalue weighted by atomic mass is 9.97. The molecule has 0 amide bonds. The molecule has 1 aliphatic heterocycles. The van der Waals surface area contributed by atoms with Crippen LogP contribution < -0.4 is 4.90 Å². The van der Waals surface area contributed by atoms with Crippen LogP contribution in [0.5, 0.6) is 0 Å². The Balaban J connectivity index is 2.31. The second-order valence-electron chi connectivity index (χ2n) is 4.74. The van der Waals surface area contributed by atoms with E-state index in [2.05, 4.69) is 23.7 Å². The summed E-state index contributed by atoms with van der Waals surface area (Å²) < 4.78 is 0. The SMILES string of the molecule is CC1CCCC(C)N1c1ccnc(C(=O)O)c1. The quantitative estimate of drug-likeness (QED) is 0.854. The van der Waals surface area contributed by atoms with Crippen molar-refractivity contribution in [3.8, 4) is 0 Å². The van der Waals surface area contributed by atoms with Crippen LogP contribution in [-0.2, 0) is 0 Å². The molecule has 0 spiro atoms. The molecule has 2 unspecified atom stereocenters. The van der Waals surface area contributed by atoms with Crippen molar-refractivity contribution in [2.45, 2.75) is 45.2 Å². The number of aromatic nitrogens is 1. The lowest BCUT2D eigenvalue weighted by molar-refractivity contribution is 0.0690. The first-order chi connectivity index (χ1) is 8.09. The smallest absolute Gasteiger partial charge is 0.354 e. The van der Waals surface area contributed by atoms with Gasteiger partial charge in [0.05, 0.1) is 0 Å². The predicted octanol–water partition coefficient (Wildman–Crippen LogP) is 2.55. The van der Waals surface area contributed by atoms with Crippen molar-refractivity contribution in [2.75, 3.05) is 4.90 Å². The number of pyridine rings is 1. The summed E-state index contributed by atoms with van der Waals surface area (Å²) in [6.07, 6.45) is 5.15. The average molecular weight is 234 g/mol. The van der Waals surface area contributed by atoms with Crippen LogP contribution in [0.2, 0.25) is 0 Å². The molecule has 4 heteroatoms. The van der Waals surface area contributed by atoms with Crippen LogP contribution in [0, 0.1) is 0 Å². The molecule has 92 valence electrons. The molecule has 2 rings (SSSR count). The Hall–Kier alpha value is -1.58. The first kappa shape index (κ1) is 11.9. The van der Waals surface area contributed by atoms with Crippen LogP contribution >= 0.6 is 0 Å². The Morgan fingerprint density at radius 1 is 1.41 bits per heavy atom. The van der Waals surface area contributed by atoms with Crippen LogP contribution in [0.1, 0.15) is 43.6 Å². The molecule has 0 radical (unpaired) electrons. The molecule has 17 heavy (non-hydrogen) atoms. The van der Waals surface area contributed by atoms with Gasteiger partial charge in [-0.1, -0.05) is 0 Å². The molecular weight excluding hydrogens is 216 g/mol. The van der Waals surface area contributed by atoms with Crippen molar-refractivity contribution in [1.29, 1.82) is 0 Å². The predicted molar refractivity (Wildman–Crippen MR) is 66.5 cm³/mol. The topological polar surface area (TPSA) is 53.4 Å². The second kappa shape index (κ2) is 4.73. The number of carboxylic acid groups (broad SMARTS) is 1. The Morgan fingerprint density at radius 2 is 2.06 bits per heavy atom. The highest BCUT2D eigenvalue weighted by molar-refractivity contribution is 5.86. The molecule has 1 aliphatic rings. The van der Waals surface area contributed by atoms with E-state index in [4.69, 9.17) is 5.11 Å². The second-order valence-corrected chi connectivity index (χ2v) is 4.74. The van der Waals surface area contributed by atoms with E-state index < -0.39 is 5.97 Å². The minimum absolute atomic E-state index is 0.118. The van der Waals surface area contributed by atoms with Crippen molar-refractivity contribution in [3.05, 3.63) is 24.0 Å². The van der Waals surface area contributed by atoms with Crippen LogP contribution in [-0.4, -0.2) is 28.1 Å². The zero-order valence-corrected chi connectivity index (χ0v) is 10.3. The van der Waals surface area contributed by atoms with E-state index in [1.54, 1.807) is 12.3 Å². The number of hydrogen-bond donors (Lipinski definition) is 1. The third-order valence-electron chi connectivity index (χ3n) is 3.45. The largest absolute Gasteiger partial charge is 0.477 e. The summed E-state index contributed by atoms with van der Waals surface area (Å²) in [5.41, 5.74) is 1.09. The van der Waals surface area contributed by atoms with Crippen molar-refractivity contribution < 1.29 is 9.90 Å². The van der Waals surface area contributed by atoms with Gasteiger partial charge in [-0.3, -0.25) is 0 Å². The van der Waals surface area contributed by atoms with Gasteiger partial charge in [-0.2, -0.15) is 0 Å². The molecule has 0 saturated carbocycles. The summed E-state index contributed by atoms with van der Waals surface area (Å²) in [5.74, 6) is -0.968. The summed E-state index contributed by atoms with van der Waals surface area (Å²) >= 11 is 0. The summed E-state index contributed by atoms with van der Waals surface area (Å²) in [6.45, 7) is 4.38. The summed E-state index contributed by atoms with van der Waals surface area (Å²) in [5, 5.41) is 8.96. The molecular formula is C13H18N2O2. The van der Waals surface area contributed by atoms with E-state index >= 15 is 0 Å². The zero-order chi connectivity index (χ0) is 12.4. The van der Waals surface area contributed by atoms with Crippen LogP contribution in [0.15, 0.2) is 18.3 Å². The lowest BCUT2D eigenvalue weighted by Crippen LogP contribution is -2.43. The summed E-state index contributed by atoms with van der Waals surface area (Å²) in [4.78, 5) is 17.1. The van der Waals surface area contributed by atoms with Crippen molar-refractivity contribution in [1.82, 2.24) is 4.98 Å². The fourth-order valence-corrected chi connectivity index (χ4v) is 2.63. The number of hydrogen-bond acceptors (Lipinski definition) is 3. The maximum absolute atomic E-state index is 10.9. The maximum atomic E-state index is 10.9. The van der Waals surface area contributed by atoms with E-state index in [0.717, 1.165) is 18.5 Å². The van der Waals surface area contributed by atoms with Crippen molar-refractivity contribution >= 4 is 11.7 Å². The third-order valence-corrected chi connectivity index (χ3v) is 3.45. The Bertz CT molecular complexity index is 410. The molecule has 0 aliphatic carbocycles. The Morgan fingerprint density at radius 3 is 2.65 bits per heavy atom. The highest BCUT2D eigenvalue weighted by Crippen LogP contribution is 2.28.